The number of ether oxygens (including phenoxy) is 1. The largest absolute Gasteiger partial charge is 0.466 e. The highest BCUT2D eigenvalue weighted by Crippen LogP contribution is 2.68. The second-order valence-corrected chi connectivity index (χ2v) is 11.1. The van der Waals surface area contributed by atoms with E-state index in [9.17, 15) is 9.59 Å². The van der Waals surface area contributed by atoms with Crippen LogP contribution >= 0.6 is 0 Å². The Labute approximate surface area is 171 Å². The van der Waals surface area contributed by atoms with E-state index in [1.807, 2.05) is 0 Å². The van der Waals surface area contributed by atoms with Crippen LogP contribution in [0.15, 0.2) is 0 Å². The number of rotatable bonds is 4. The van der Waals surface area contributed by atoms with Crippen LogP contribution in [0.2, 0.25) is 0 Å². The van der Waals surface area contributed by atoms with Gasteiger partial charge in [0.2, 0.25) is 0 Å². The third kappa shape index (κ3) is 3.16. The highest BCUT2D eigenvalue weighted by atomic mass is 16.5. The van der Waals surface area contributed by atoms with Gasteiger partial charge < -0.3 is 4.74 Å². The Hall–Kier alpha value is -0.860. The molecule has 0 aliphatic heterocycles. The molecule has 0 amide bonds. The van der Waals surface area contributed by atoms with Crippen molar-refractivity contribution in [2.45, 2.75) is 91.9 Å². The van der Waals surface area contributed by atoms with Crippen LogP contribution in [0.1, 0.15) is 91.9 Å². The zero-order chi connectivity index (χ0) is 20.1. The maximum absolute atomic E-state index is 12.3. The molecule has 3 nitrogen and oxygen atoms in total. The molecule has 4 saturated carbocycles. The number of fused-ring (bicyclic) bond motifs is 5. The first-order valence-electron chi connectivity index (χ1n) is 11.9. The monoisotopic (exact) mass is 388 g/mol. The predicted octanol–water partition coefficient (Wildman–Crippen LogP) is 5.80. The summed E-state index contributed by atoms with van der Waals surface area (Å²) < 4.78 is 5.30. The van der Waals surface area contributed by atoms with Gasteiger partial charge in [-0.05, 0) is 91.3 Å². The highest BCUT2D eigenvalue weighted by Gasteiger charge is 2.61. The maximum Gasteiger partial charge on any atom is 0.302 e. The third-order valence-corrected chi connectivity index (χ3v) is 10.2. The molecule has 4 rings (SSSR count). The Morgan fingerprint density at radius 3 is 2.54 bits per heavy atom. The van der Waals surface area contributed by atoms with E-state index in [1.54, 1.807) is 0 Å². The van der Waals surface area contributed by atoms with Gasteiger partial charge in [-0.25, -0.2) is 0 Å². The van der Waals surface area contributed by atoms with Crippen molar-refractivity contribution >= 4 is 11.8 Å². The Kier molecular flexibility index (Phi) is 5.42. The van der Waals surface area contributed by atoms with Gasteiger partial charge in [0.15, 0.2) is 0 Å². The first-order valence-corrected chi connectivity index (χ1v) is 11.9. The van der Waals surface area contributed by atoms with Crippen LogP contribution in [0.3, 0.4) is 0 Å². The summed E-state index contributed by atoms with van der Waals surface area (Å²) in [6.45, 7) is 9.57. The lowest BCUT2D eigenvalue weighted by atomic mass is 9.42. The quantitative estimate of drug-likeness (QED) is 0.571. The Balaban J connectivity index is 1.55. The van der Waals surface area contributed by atoms with Gasteiger partial charge in [0.05, 0.1) is 6.61 Å². The van der Waals surface area contributed by atoms with Crippen LogP contribution in [-0.2, 0) is 14.3 Å². The molecule has 3 heteroatoms. The number of Topliss-reactive ketones (excluding diaryl/α,β-unsaturated/α-hetero) is 1. The summed E-state index contributed by atoms with van der Waals surface area (Å²) in [6, 6.07) is 0. The summed E-state index contributed by atoms with van der Waals surface area (Å²) in [7, 11) is 0. The molecule has 8 unspecified atom stereocenters. The van der Waals surface area contributed by atoms with Crippen molar-refractivity contribution in [3.05, 3.63) is 0 Å². The van der Waals surface area contributed by atoms with Crippen LogP contribution in [-0.4, -0.2) is 18.4 Å². The SMILES string of the molecule is CCC1CC2C3CCC(CCOC(C)=O)C3(C)CCC2C2(C)CCC(=O)CC12. The van der Waals surface area contributed by atoms with E-state index in [1.165, 1.54) is 45.4 Å². The van der Waals surface area contributed by atoms with Crippen LogP contribution in [0.5, 0.6) is 0 Å². The molecule has 0 bridgehead atoms. The first kappa shape index (κ1) is 20.4. The molecule has 0 N–H and O–H groups in total. The van der Waals surface area contributed by atoms with Crippen molar-refractivity contribution in [3.63, 3.8) is 0 Å². The lowest BCUT2D eigenvalue weighted by molar-refractivity contribution is -0.152. The molecule has 0 aromatic rings. The Morgan fingerprint density at radius 2 is 1.82 bits per heavy atom. The standard InChI is InChI=1S/C25H40O3/c1-5-17-14-20-21-7-6-18(10-13-28-16(2)26)24(21,3)12-9-22(20)25(4)11-8-19(27)15-23(17)25/h17-18,20-23H,5-15H2,1-4H3. The molecule has 0 saturated heterocycles. The van der Waals surface area contributed by atoms with E-state index >= 15 is 0 Å². The van der Waals surface area contributed by atoms with Crippen LogP contribution in [0.25, 0.3) is 0 Å². The number of carbonyl (C=O) groups is 2. The van der Waals surface area contributed by atoms with Crippen molar-refractivity contribution in [2.75, 3.05) is 6.61 Å². The first-order chi connectivity index (χ1) is 13.3. The van der Waals surface area contributed by atoms with Gasteiger partial charge in [-0.15, -0.1) is 0 Å². The molecule has 0 aromatic carbocycles. The minimum Gasteiger partial charge on any atom is -0.466 e. The molecule has 0 radical (unpaired) electrons. The molecule has 0 aromatic heterocycles. The third-order valence-electron chi connectivity index (χ3n) is 10.2. The smallest absolute Gasteiger partial charge is 0.302 e. The summed E-state index contributed by atoms with van der Waals surface area (Å²) >= 11 is 0. The molecule has 158 valence electrons. The number of hydrogen-bond donors (Lipinski definition) is 0. The minimum atomic E-state index is -0.146. The molecule has 8 atom stereocenters. The number of ketones is 1. The van der Waals surface area contributed by atoms with Crippen LogP contribution in [0, 0.1) is 46.3 Å². The lowest BCUT2D eigenvalue weighted by Gasteiger charge is -2.62. The number of carbonyl (C=O) groups excluding carboxylic acids is 2. The van der Waals surface area contributed by atoms with Crippen molar-refractivity contribution in [1.29, 1.82) is 0 Å². The van der Waals surface area contributed by atoms with Crippen LogP contribution < -0.4 is 0 Å². The van der Waals surface area contributed by atoms with Gasteiger partial charge in [-0.1, -0.05) is 27.2 Å². The molecule has 28 heavy (non-hydrogen) atoms. The fraction of sp³-hybridized carbons (Fsp3) is 0.920. The van der Waals surface area contributed by atoms with Gasteiger partial charge in [0.25, 0.3) is 0 Å². The maximum atomic E-state index is 12.3. The van der Waals surface area contributed by atoms with E-state index in [2.05, 4.69) is 20.8 Å². The second-order valence-electron chi connectivity index (χ2n) is 11.1. The average Bonchev–Trinajstić information content (AvgIpc) is 2.98. The Morgan fingerprint density at radius 1 is 1.07 bits per heavy atom. The average molecular weight is 389 g/mol. The number of esters is 1. The van der Waals surface area contributed by atoms with Crippen molar-refractivity contribution < 1.29 is 14.3 Å². The Bertz CT molecular complexity index is 627. The zero-order valence-corrected chi connectivity index (χ0v) is 18.5. The van der Waals surface area contributed by atoms with Gasteiger partial charge in [0.1, 0.15) is 5.78 Å². The molecule has 4 aliphatic carbocycles. The van der Waals surface area contributed by atoms with Crippen molar-refractivity contribution in [1.82, 2.24) is 0 Å². The summed E-state index contributed by atoms with van der Waals surface area (Å²) in [5.74, 6) is 4.94. The minimum absolute atomic E-state index is 0.146. The van der Waals surface area contributed by atoms with E-state index in [-0.39, 0.29) is 5.97 Å². The lowest BCUT2D eigenvalue weighted by Crippen LogP contribution is -2.56. The molecule has 0 spiro atoms. The second kappa shape index (κ2) is 7.43. The van der Waals surface area contributed by atoms with E-state index in [0.717, 1.165) is 49.4 Å². The van der Waals surface area contributed by atoms with Gasteiger partial charge >= 0.3 is 5.97 Å². The zero-order valence-electron chi connectivity index (χ0n) is 18.5. The van der Waals surface area contributed by atoms with E-state index in [4.69, 9.17) is 4.74 Å². The fourth-order valence-electron chi connectivity index (χ4n) is 8.67. The molecular formula is C25H40O3. The van der Waals surface area contributed by atoms with Crippen LogP contribution in [0.4, 0.5) is 0 Å². The molecule has 4 fully saturated rings. The van der Waals surface area contributed by atoms with Gasteiger partial charge in [0, 0.05) is 19.8 Å². The summed E-state index contributed by atoms with van der Waals surface area (Å²) in [5, 5.41) is 0. The van der Waals surface area contributed by atoms with Crippen molar-refractivity contribution in [2.24, 2.45) is 46.3 Å². The summed E-state index contributed by atoms with van der Waals surface area (Å²) in [6.07, 6.45) is 11.8. The normalized spacial score (nSPS) is 47.8. The van der Waals surface area contributed by atoms with E-state index < -0.39 is 0 Å². The summed E-state index contributed by atoms with van der Waals surface area (Å²) in [5.41, 5.74) is 0.807. The van der Waals surface area contributed by atoms with Gasteiger partial charge in [-0.2, -0.15) is 0 Å². The van der Waals surface area contributed by atoms with Gasteiger partial charge in [-0.3, -0.25) is 9.59 Å². The molecule has 0 heterocycles. The fourth-order valence-corrected chi connectivity index (χ4v) is 8.67. The topological polar surface area (TPSA) is 43.4 Å². The number of hydrogen-bond acceptors (Lipinski definition) is 3. The van der Waals surface area contributed by atoms with E-state index in [0.29, 0.717) is 35.1 Å². The van der Waals surface area contributed by atoms with Crippen molar-refractivity contribution in [3.8, 4) is 0 Å². The molecular weight excluding hydrogens is 348 g/mol. The predicted molar refractivity (Wildman–Crippen MR) is 111 cm³/mol. The highest BCUT2D eigenvalue weighted by molar-refractivity contribution is 5.79. The summed E-state index contributed by atoms with van der Waals surface area (Å²) in [4.78, 5) is 23.5. The molecule has 4 aliphatic rings.